The molecule has 0 unspecified atom stereocenters. The van der Waals surface area contributed by atoms with Crippen molar-refractivity contribution in [2.45, 2.75) is 19.4 Å². The van der Waals surface area contributed by atoms with Crippen molar-refractivity contribution in [1.29, 1.82) is 0 Å². The van der Waals surface area contributed by atoms with E-state index in [4.69, 9.17) is 0 Å². The Morgan fingerprint density at radius 3 is 2.56 bits per heavy atom. The minimum atomic E-state index is -1.06. The smallest absolute Gasteiger partial charge is 0.216 e. The summed E-state index contributed by atoms with van der Waals surface area (Å²) in [5.74, 6) is -0.143. The minimum absolute atomic E-state index is 0.143. The first kappa shape index (κ1) is 12.6. The van der Waals surface area contributed by atoms with E-state index >= 15 is 0 Å². The lowest BCUT2D eigenvalue weighted by atomic mass is 9.93. The summed E-state index contributed by atoms with van der Waals surface area (Å²) < 4.78 is 0. The molecular formula is C15H17NO2. The third kappa shape index (κ3) is 2.68. The topological polar surface area (TPSA) is 49.3 Å². The Morgan fingerprint density at radius 1 is 1.22 bits per heavy atom. The molecule has 0 saturated carbocycles. The Bertz CT molecular complexity index is 575. The third-order valence-corrected chi connectivity index (χ3v) is 3.05. The summed E-state index contributed by atoms with van der Waals surface area (Å²) in [4.78, 5) is 10.9. The molecule has 0 fully saturated rings. The van der Waals surface area contributed by atoms with Gasteiger partial charge in [-0.3, -0.25) is 4.79 Å². The van der Waals surface area contributed by atoms with Gasteiger partial charge in [0.05, 0.1) is 6.54 Å². The highest BCUT2D eigenvalue weighted by atomic mass is 16.3. The number of aliphatic hydroxyl groups is 1. The maximum absolute atomic E-state index is 10.9. The Hall–Kier alpha value is -1.87. The van der Waals surface area contributed by atoms with Gasteiger partial charge >= 0.3 is 0 Å². The average molecular weight is 243 g/mol. The molecule has 2 aromatic carbocycles. The first-order valence-corrected chi connectivity index (χ1v) is 5.95. The summed E-state index contributed by atoms with van der Waals surface area (Å²) >= 11 is 0. The molecule has 3 heteroatoms. The van der Waals surface area contributed by atoms with Gasteiger partial charge < -0.3 is 10.4 Å². The lowest BCUT2D eigenvalue weighted by Gasteiger charge is -2.24. The quantitative estimate of drug-likeness (QED) is 0.868. The van der Waals surface area contributed by atoms with E-state index in [1.165, 1.54) is 6.92 Å². The number of carbonyl (C=O) groups is 1. The van der Waals surface area contributed by atoms with Crippen LogP contribution < -0.4 is 5.32 Å². The molecule has 2 rings (SSSR count). The molecule has 2 aromatic rings. The number of fused-ring (bicyclic) bond motifs is 1. The highest BCUT2D eigenvalue weighted by Gasteiger charge is 2.23. The standard InChI is InChI=1S/C15H17NO2/c1-11(17)16-10-15(2,18)14-8-7-12-5-3-4-6-13(12)9-14/h3-9,18H,10H2,1-2H3,(H,16,17)/t15-/m0/s1. The lowest BCUT2D eigenvalue weighted by molar-refractivity contribution is -0.120. The van der Waals surface area contributed by atoms with Gasteiger partial charge in [0, 0.05) is 6.92 Å². The van der Waals surface area contributed by atoms with Crippen LogP contribution in [0.25, 0.3) is 10.8 Å². The number of hydrogen-bond acceptors (Lipinski definition) is 2. The third-order valence-electron chi connectivity index (χ3n) is 3.05. The molecule has 94 valence electrons. The molecule has 0 spiro atoms. The summed E-state index contributed by atoms with van der Waals surface area (Å²) in [6.45, 7) is 3.35. The molecule has 18 heavy (non-hydrogen) atoms. The van der Waals surface area contributed by atoms with Crippen LogP contribution in [0, 0.1) is 0 Å². The van der Waals surface area contributed by atoms with Crippen molar-refractivity contribution >= 4 is 16.7 Å². The van der Waals surface area contributed by atoms with Crippen LogP contribution in [-0.2, 0) is 10.4 Å². The van der Waals surface area contributed by atoms with Crippen molar-refractivity contribution in [2.75, 3.05) is 6.54 Å². The van der Waals surface area contributed by atoms with E-state index in [-0.39, 0.29) is 12.5 Å². The summed E-state index contributed by atoms with van der Waals surface area (Å²) in [7, 11) is 0. The predicted octanol–water partition coefficient (Wildman–Crippen LogP) is 2.18. The lowest BCUT2D eigenvalue weighted by Crippen LogP contribution is -2.37. The Balaban J connectivity index is 2.32. The second-order valence-electron chi connectivity index (χ2n) is 4.75. The van der Waals surface area contributed by atoms with Gasteiger partial charge in [0.25, 0.3) is 0 Å². The van der Waals surface area contributed by atoms with Gasteiger partial charge in [-0.05, 0) is 29.3 Å². The average Bonchev–Trinajstić information content (AvgIpc) is 2.36. The summed E-state index contributed by atoms with van der Waals surface area (Å²) in [5.41, 5.74) is -0.259. The van der Waals surface area contributed by atoms with Gasteiger partial charge in [-0.2, -0.15) is 0 Å². The number of hydrogen-bond donors (Lipinski definition) is 2. The fourth-order valence-corrected chi connectivity index (χ4v) is 1.92. The molecular weight excluding hydrogens is 226 g/mol. The zero-order chi connectivity index (χ0) is 13.2. The molecule has 0 aliphatic heterocycles. The van der Waals surface area contributed by atoms with E-state index in [9.17, 15) is 9.90 Å². The van der Waals surface area contributed by atoms with Gasteiger partial charge in [0.2, 0.25) is 5.91 Å². The monoisotopic (exact) mass is 243 g/mol. The highest BCUT2D eigenvalue weighted by Crippen LogP contribution is 2.24. The first-order valence-electron chi connectivity index (χ1n) is 5.95. The van der Waals surface area contributed by atoms with Gasteiger partial charge in [-0.25, -0.2) is 0 Å². The van der Waals surface area contributed by atoms with Gasteiger partial charge in [0.15, 0.2) is 0 Å². The summed E-state index contributed by atoms with van der Waals surface area (Å²) in [5, 5.41) is 15.2. The van der Waals surface area contributed by atoms with Crippen LogP contribution in [0.2, 0.25) is 0 Å². The maximum Gasteiger partial charge on any atom is 0.216 e. The number of nitrogens with one attached hydrogen (secondary N) is 1. The molecule has 1 amide bonds. The molecule has 0 saturated heterocycles. The molecule has 0 heterocycles. The Labute approximate surface area is 106 Å². The largest absolute Gasteiger partial charge is 0.384 e. The zero-order valence-corrected chi connectivity index (χ0v) is 10.6. The normalized spacial score (nSPS) is 14.2. The molecule has 2 N–H and O–H groups in total. The molecule has 0 bridgehead atoms. The Kier molecular flexibility index (Phi) is 3.34. The fourth-order valence-electron chi connectivity index (χ4n) is 1.92. The van der Waals surface area contributed by atoms with Crippen LogP contribution in [0.1, 0.15) is 19.4 Å². The SMILES string of the molecule is CC(=O)NC[C@](C)(O)c1ccc2ccccc2c1. The van der Waals surface area contributed by atoms with Crippen molar-refractivity contribution < 1.29 is 9.90 Å². The predicted molar refractivity (Wildman–Crippen MR) is 72.2 cm³/mol. The number of benzene rings is 2. The van der Waals surface area contributed by atoms with Crippen molar-refractivity contribution in [1.82, 2.24) is 5.32 Å². The van der Waals surface area contributed by atoms with Gasteiger partial charge in [-0.15, -0.1) is 0 Å². The molecule has 1 atom stereocenters. The van der Waals surface area contributed by atoms with E-state index in [2.05, 4.69) is 5.32 Å². The fraction of sp³-hybridized carbons (Fsp3) is 0.267. The van der Waals surface area contributed by atoms with E-state index in [1.807, 2.05) is 42.5 Å². The van der Waals surface area contributed by atoms with Crippen molar-refractivity contribution in [3.63, 3.8) is 0 Å². The number of carbonyl (C=O) groups excluding carboxylic acids is 1. The van der Waals surface area contributed by atoms with Crippen LogP contribution >= 0.6 is 0 Å². The van der Waals surface area contributed by atoms with E-state index in [1.54, 1.807) is 6.92 Å². The molecule has 0 aliphatic rings. The summed E-state index contributed by atoms with van der Waals surface area (Å²) in [6.07, 6.45) is 0. The zero-order valence-electron chi connectivity index (χ0n) is 10.6. The Morgan fingerprint density at radius 2 is 1.89 bits per heavy atom. The number of amides is 1. The first-order chi connectivity index (χ1) is 8.49. The van der Waals surface area contributed by atoms with Crippen molar-refractivity contribution in [2.24, 2.45) is 0 Å². The van der Waals surface area contributed by atoms with Crippen molar-refractivity contribution in [3.05, 3.63) is 48.0 Å². The van der Waals surface area contributed by atoms with E-state index in [0.717, 1.165) is 16.3 Å². The van der Waals surface area contributed by atoms with E-state index < -0.39 is 5.60 Å². The van der Waals surface area contributed by atoms with Crippen LogP contribution in [-0.4, -0.2) is 17.6 Å². The van der Waals surface area contributed by atoms with Gasteiger partial charge in [0.1, 0.15) is 5.60 Å². The molecule has 3 nitrogen and oxygen atoms in total. The van der Waals surface area contributed by atoms with Crippen LogP contribution in [0.4, 0.5) is 0 Å². The highest BCUT2D eigenvalue weighted by molar-refractivity contribution is 5.83. The maximum atomic E-state index is 10.9. The second kappa shape index (κ2) is 4.78. The minimum Gasteiger partial charge on any atom is -0.384 e. The van der Waals surface area contributed by atoms with Crippen LogP contribution in [0.15, 0.2) is 42.5 Å². The molecule has 0 aromatic heterocycles. The summed E-state index contributed by atoms with van der Waals surface area (Å²) in [6, 6.07) is 13.8. The molecule has 0 aliphatic carbocycles. The second-order valence-corrected chi connectivity index (χ2v) is 4.75. The number of rotatable bonds is 3. The van der Waals surface area contributed by atoms with Crippen molar-refractivity contribution in [3.8, 4) is 0 Å². The molecule has 0 radical (unpaired) electrons. The van der Waals surface area contributed by atoms with E-state index in [0.29, 0.717) is 0 Å². The van der Waals surface area contributed by atoms with Gasteiger partial charge in [-0.1, -0.05) is 36.4 Å². The van der Waals surface area contributed by atoms with Crippen LogP contribution in [0.3, 0.4) is 0 Å². The van der Waals surface area contributed by atoms with Crippen LogP contribution in [0.5, 0.6) is 0 Å².